The van der Waals surface area contributed by atoms with Gasteiger partial charge >= 0.3 is 5.97 Å². The normalized spacial score (nSPS) is 10.9. The van der Waals surface area contributed by atoms with E-state index >= 15 is 0 Å². The highest BCUT2D eigenvalue weighted by atomic mass is 16.5. The second-order valence-corrected chi connectivity index (χ2v) is 5.13. The molecule has 4 nitrogen and oxygen atoms in total. The van der Waals surface area contributed by atoms with Crippen LogP contribution in [0.15, 0.2) is 24.3 Å². The van der Waals surface area contributed by atoms with E-state index in [1.807, 2.05) is 38.1 Å². The van der Waals surface area contributed by atoms with E-state index in [4.69, 9.17) is 4.74 Å². The third-order valence-corrected chi connectivity index (χ3v) is 3.25. The number of benzene rings is 1. The number of ether oxygens (including phenoxy) is 1. The minimum Gasteiger partial charge on any atom is -0.465 e. The van der Waals surface area contributed by atoms with Crippen LogP contribution >= 0.6 is 0 Å². The predicted octanol–water partition coefficient (Wildman–Crippen LogP) is 2.23. The molecule has 0 N–H and O–H groups in total. The van der Waals surface area contributed by atoms with E-state index < -0.39 is 11.2 Å². The standard InChI is InChI=1S/C16H20O4/c1-4-20-15(19)16(2,3)13-8-5-12(6-9-13)7-10-14(18)11-17/h5-6,8-9,11H,4,7,10H2,1-3H3. The minimum absolute atomic E-state index is 0.212. The number of Topliss-reactive ketones (excluding diaryl/α,β-unsaturated/α-hetero) is 1. The second-order valence-electron chi connectivity index (χ2n) is 5.13. The first-order valence-corrected chi connectivity index (χ1v) is 6.66. The molecule has 0 unspecified atom stereocenters. The van der Waals surface area contributed by atoms with Gasteiger partial charge in [-0.05, 0) is 38.3 Å². The smallest absolute Gasteiger partial charge is 0.315 e. The van der Waals surface area contributed by atoms with Crippen LogP contribution in [0.1, 0.15) is 38.3 Å². The Kier molecular flexibility index (Phi) is 5.62. The predicted molar refractivity (Wildman–Crippen MR) is 75.5 cm³/mol. The van der Waals surface area contributed by atoms with E-state index in [2.05, 4.69) is 0 Å². The van der Waals surface area contributed by atoms with Gasteiger partial charge in [0, 0.05) is 6.42 Å². The average Bonchev–Trinajstić information content (AvgIpc) is 2.45. The number of aldehydes is 1. The molecule has 0 amide bonds. The number of carbonyl (C=O) groups is 3. The van der Waals surface area contributed by atoms with Crippen molar-refractivity contribution in [3.05, 3.63) is 35.4 Å². The number of carbonyl (C=O) groups excluding carboxylic acids is 3. The van der Waals surface area contributed by atoms with Crippen molar-refractivity contribution in [3.8, 4) is 0 Å². The lowest BCUT2D eigenvalue weighted by atomic mass is 9.84. The largest absolute Gasteiger partial charge is 0.465 e. The van der Waals surface area contributed by atoms with E-state index in [0.29, 0.717) is 19.3 Å². The number of ketones is 1. The first-order valence-electron chi connectivity index (χ1n) is 6.66. The fourth-order valence-corrected chi connectivity index (χ4v) is 1.84. The number of hydrogen-bond donors (Lipinski definition) is 0. The summed E-state index contributed by atoms with van der Waals surface area (Å²) in [5.74, 6) is -0.662. The topological polar surface area (TPSA) is 60.4 Å². The summed E-state index contributed by atoms with van der Waals surface area (Å²) < 4.78 is 5.06. The summed E-state index contributed by atoms with van der Waals surface area (Å²) in [5.41, 5.74) is 1.12. The number of hydrogen-bond acceptors (Lipinski definition) is 4. The van der Waals surface area contributed by atoms with Gasteiger partial charge in [0.25, 0.3) is 0 Å². The molecule has 1 aromatic rings. The van der Waals surface area contributed by atoms with Gasteiger partial charge < -0.3 is 4.74 Å². The maximum atomic E-state index is 11.9. The van der Waals surface area contributed by atoms with Crippen molar-refractivity contribution in [2.45, 2.75) is 39.0 Å². The highest BCUT2D eigenvalue weighted by Gasteiger charge is 2.31. The lowest BCUT2D eigenvalue weighted by molar-refractivity contribution is -0.148. The SMILES string of the molecule is CCOC(=O)C(C)(C)c1ccc(CCC(=O)C=O)cc1. The van der Waals surface area contributed by atoms with E-state index in [1.165, 1.54) is 0 Å². The van der Waals surface area contributed by atoms with Crippen molar-refractivity contribution in [1.29, 1.82) is 0 Å². The van der Waals surface area contributed by atoms with Gasteiger partial charge in [0.2, 0.25) is 0 Å². The third kappa shape index (κ3) is 4.02. The molecule has 108 valence electrons. The lowest BCUT2D eigenvalue weighted by Crippen LogP contribution is -2.31. The first kappa shape index (κ1) is 16.1. The Morgan fingerprint density at radius 1 is 1.20 bits per heavy atom. The molecule has 1 rings (SSSR count). The maximum absolute atomic E-state index is 11.9. The summed E-state index contributed by atoms with van der Waals surface area (Å²) in [7, 11) is 0. The zero-order valence-electron chi connectivity index (χ0n) is 12.1. The summed E-state index contributed by atoms with van der Waals surface area (Å²) in [6.07, 6.45) is 1.08. The number of rotatable bonds is 7. The molecule has 0 aliphatic rings. The van der Waals surface area contributed by atoms with Crippen molar-refractivity contribution in [2.75, 3.05) is 6.61 Å². The fourth-order valence-electron chi connectivity index (χ4n) is 1.84. The summed E-state index contributed by atoms with van der Waals surface area (Å²) in [6, 6.07) is 7.46. The Morgan fingerprint density at radius 2 is 1.80 bits per heavy atom. The van der Waals surface area contributed by atoms with E-state index in [-0.39, 0.29) is 12.4 Å². The zero-order chi connectivity index (χ0) is 15.2. The molecule has 20 heavy (non-hydrogen) atoms. The van der Waals surface area contributed by atoms with Crippen LogP contribution in [0.2, 0.25) is 0 Å². The summed E-state index contributed by atoms with van der Waals surface area (Å²) in [6.45, 7) is 5.76. The molecule has 0 saturated heterocycles. The van der Waals surface area contributed by atoms with E-state index in [1.54, 1.807) is 6.92 Å². The number of aryl methyl sites for hydroxylation is 1. The first-order chi connectivity index (χ1) is 9.41. The van der Waals surface area contributed by atoms with Gasteiger partial charge in [-0.2, -0.15) is 0 Å². The quantitative estimate of drug-likeness (QED) is 0.435. The summed E-state index contributed by atoms with van der Waals surface area (Å²) >= 11 is 0. The summed E-state index contributed by atoms with van der Waals surface area (Å²) in [4.78, 5) is 33.1. The lowest BCUT2D eigenvalue weighted by Gasteiger charge is -2.23. The van der Waals surface area contributed by atoms with Gasteiger partial charge in [-0.25, -0.2) is 0 Å². The van der Waals surface area contributed by atoms with Crippen LogP contribution in [0, 0.1) is 0 Å². The van der Waals surface area contributed by atoms with Crippen molar-refractivity contribution in [1.82, 2.24) is 0 Å². The Balaban J connectivity index is 2.77. The molecule has 4 heteroatoms. The molecule has 0 saturated carbocycles. The van der Waals surface area contributed by atoms with Gasteiger partial charge in [0.05, 0.1) is 12.0 Å². The van der Waals surface area contributed by atoms with Crippen LogP contribution in [-0.4, -0.2) is 24.6 Å². The molecular formula is C16H20O4. The van der Waals surface area contributed by atoms with E-state index in [9.17, 15) is 14.4 Å². The van der Waals surface area contributed by atoms with Crippen molar-refractivity contribution in [3.63, 3.8) is 0 Å². The van der Waals surface area contributed by atoms with Gasteiger partial charge in [0.15, 0.2) is 12.1 Å². The van der Waals surface area contributed by atoms with Crippen LogP contribution in [0.4, 0.5) is 0 Å². The van der Waals surface area contributed by atoms with Crippen LogP contribution in [0.25, 0.3) is 0 Å². The Hall–Kier alpha value is -1.97. The average molecular weight is 276 g/mol. The molecule has 0 bridgehead atoms. The maximum Gasteiger partial charge on any atom is 0.315 e. The number of esters is 1. The Morgan fingerprint density at radius 3 is 2.30 bits per heavy atom. The Bertz CT molecular complexity index is 486. The molecule has 0 fully saturated rings. The molecule has 0 aromatic heterocycles. The second kappa shape index (κ2) is 6.98. The molecule has 0 atom stereocenters. The highest BCUT2D eigenvalue weighted by Crippen LogP contribution is 2.25. The molecule has 0 aliphatic heterocycles. The molecular weight excluding hydrogens is 256 g/mol. The molecule has 0 heterocycles. The van der Waals surface area contributed by atoms with Crippen LogP contribution < -0.4 is 0 Å². The Labute approximate surface area is 119 Å². The van der Waals surface area contributed by atoms with E-state index in [0.717, 1.165) is 11.1 Å². The van der Waals surface area contributed by atoms with Crippen molar-refractivity contribution < 1.29 is 19.1 Å². The van der Waals surface area contributed by atoms with Crippen LogP contribution in [0.5, 0.6) is 0 Å². The minimum atomic E-state index is -0.701. The summed E-state index contributed by atoms with van der Waals surface area (Å²) in [5, 5.41) is 0. The zero-order valence-corrected chi connectivity index (χ0v) is 12.1. The third-order valence-electron chi connectivity index (χ3n) is 3.25. The molecule has 1 aromatic carbocycles. The van der Waals surface area contributed by atoms with Gasteiger partial charge in [-0.1, -0.05) is 24.3 Å². The monoisotopic (exact) mass is 276 g/mol. The highest BCUT2D eigenvalue weighted by molar-refractivity contribution is 6.24. The molecule has 0 radical (unpaired) electrons. The molecule has 0 spiro atoms. The van der Waals surface area contributed by atoms with Crippen LogP contribution in [-0.2, 0) is 31.0 Å². The van der Waals surface area contributed by atoms with Crippen molar-refractivity contribution in [2.24, 2.45) is 0 Å². The van der Waals surface area contributed by atoms with Crippen molar-refractivity contribution >= 4 is 18.0 Å². The molecule has 0 aliphatic carbocycles. The van der Waals surface area contributed by atoms with Gasteiger partial charge in [-0.15, -0.1) is 0 Å². The van der Waals surface area contributed by atoms with Gasteiger partial charge in [0.1, 0.15) is 0 Å². The van der Waals surface area contributed by atoms with Gasteiger partial charge in [-0.3, -0.25) is 14.4 Å². The van der Waals surface area contributed by atoms with Crippen LogP contribution in [0.3, 0.4) is 0 Å². The fraction of sp³-hybridized carbons (Fsp3) is 0.438.